The van der Waals surface area contributed by atoms with Crippen molar-refractivity contribution in [1.82, 2.24) is 9.99 Å². The van der Waals surface area contributed by atoms with Gasteiger partial charge in [0.25, 0.3) is 5.91 Å². The second-order valence-electron chi connectivity index (χ2n) is 5.75. The van der Waals surface area contributed by atoms with Gasteiger partial charge in [0.05, 0.1) is 6.21 Å². The molecule has 114 valence electrons. The quantitative estimate of drug-likeness (QED) is 0.677. The fraction of sp³-hybridized carbons (Fsp3) is 0.333. The predicted octanol–water partition coefficient (Wildman–Crippen LogP) is 3.76. The van der Waals surface area contributed by atoms with Crippen LogP contribution in [-0.4, -0.2) is 16.7 Å². The van der Waals surface area contributed by atoms with Crippen molar-refractivity contribution in [2.24, 2.45) is 5.10 Å². The molecule has 4 nitrogen and oxygen atoms in total. The van der Waals surface area contributed by atoms with Crippen LogP contribution in [0, 0.1) is 0 Å². The number of amides is 1. The SMILES string of the molecule is O=C(N/N=C\c1ccn(C2CCCCC2)c1)c1ccccc1. The molecule has 0 bridgehead atoms. The van der Waals surface area contributed by atoms with E-state index in [-0.39, 0.29) is 5.91 Å². The molecule has 0 unspecified atom stereocenters. The zero-order valence-corrected chi connectivity index (χ0v) is 12.6. The molecule has 1 aromatic heterocycles. The Labute approximate surface area is 130 Å². The highest BCUT2D eigenvalue weighted by Gasteiger charge is 2.14. The molecule has 0 saturated heterocycles. The smallest absolute Gasteiger partial charge is 0.271 e. The Hall–Kier alpha value is -2.36. The van der Waals surface area contributed by atoms with E-state index < -0.39 is 0 Å². The Morgan fingerprint density at radius 3 is 2.68 bits per heavy atom. The van der Waals surface area contributed by atoms with Crippen LogP contribution in [0.25, 0.3) is 0 Å². The molecule has 2 aromatic rings. The summed E-state index contributed by atoms with van der Waals surface area (Å²) in [6.45, 7) is 0. The van der Waals surface area contributed by atoms with Gasteiger partial charge in [-0.15, -0.1) is 0 Å². The molecule has 1 N–H and O–H groups in total. The maximum Gasteiger partial charge on any atom is 0.271 e. The summed E-state index contributed by atoms with van der Waals surface area (Å²) in [6.07, 6.45) is 12.4. The summed E-state index contributed by atoms with van der Waals surface area (Å²) >= 11 is 0. The van der Waals surface area contributed by atoms with E-state index in [1.807, 2.05) is 24.3 Å². The summed E-state index contributed by atoms with van der Waals surface area (Å²) in [4.78, 5) is 11.9. The van der Waals surface area contributed by atoms with Crippen LogP contribution in [0.1, 0.15) is 54.1 Å². The van der Waals surface area contributed by atoms with Crippen LogP contribution in [0.4, 0.5) is 0 Å². The molecule has 4 heteroatoms. The highest BCUT2D eigenvalue weighted by atomic mass is 16.2. The lowest BCUT2D eigenvalue weighted by atomic mass is 9.95. The molecule has 1 saturated carbocycles. The number of hydrazone groups is 1. The van der Waals surface area contributed by atoms with E-state index in [9.17, 15) is 4.79 Å². The molecule has 1 fully saturated rings. The Kier molecular flexibility index (Phi) is 4.68. The van der Waals surface area contributed by atoms with Gasteiger partial charge < -0.3 is 4.57 Å². The minimum Gasteiger partial charge on any atom is -0.351 e. The molecule has 22 heavy (non-hydrogen) atoms. The van der Waals surface area contributed by atoms with Gasteiger partial charge in [0.1, 0.15) is 0 Å². The maximum absolute atomic E-state index is 11.9. The van der Waals surface area contributed by atoms with E-state index in [0.29, 0.717) is 11.6 Å². The molecule has 0 aliphatic heterocycles. The predicted molar refractivity (Wildman–Crippen MR) is 88.1 cm³/mol. The first kappa shape index (κ1) is 14.6. The number of aromatic nitrogens is 1. The average molecular weight is 295 g/mol. The van der Waals surface area contributed by atoms with Crippen LogP contribution in [-0.2, 0) is 0 Å². The van der Waals surface area contributed by atoms with E-state index in [4.69, 9.17) is 0 Å². The fourth-order valence-corrected chi connectivity index (χ4v) is 2.93. The summed E-state index contributed by atoms with van der Waals surface area (Å²) in [5.41, 5.74) is 4.18. The highest BCUT2D eigenvalue weighted by molar-refractivity contribution is 5.94. The molecular formula is C18H21N3O. The second-order valence-corrected chi connectivity index (χ2v) is 5.75. The van der Waals surface area contributed by atoms with E-state index in [2.05, 4.69) is 27.5 Å². The molecule has 1 aromatic carbocycles. The number of carbonyl (C=O) groups excluding carboxylic acids is 1. The van der Waals surface area contributed by atoms with Crippen LogP contribution >= 0.6 is 0 Å². The van der Waals surface area contributed by atoms with Crippen molar-refractivity contribution in [2.75, 3.05) is 0 Å². The maximum atomic E-state index is 11.9. The number of nitrogens with zero attached hydrogens (tertiary/aromatic N) is 2. The minimum absolute atomic E-state index is 0.191. The van der Waals surface area contributed by atoms with Crippen molar-refractivity contribution < 1.29 is 4.79 Å². The molecule has 0 radical (unpaired) electrons. The summed E-state index contributed by atoms with van der Waals surface area (Å²) in [7, 11) is 0. The van der Waals surface area contributed by atoms with Crippen LogP contribution in [0.3, 0.4) is 0 Å². The molecule has 1 amide bonds. The third-order valence-corrected chi connectivity index (χ3v) is 4.15. The van der Waals surface area contributed by atoms with Crippen molar-refractivity contribution in [3.8, 4) is 0 Å². The summed E-state index contributed by atoms with van der Waals surface area (Å²) < 4.78 is 2.28. The van der Waals surface area contributed by atoms with Crippen molar-refractivity contribution in [3.05, 3.63) is 59.9 Å². The number of hydrogen-bond acceptors (Lipinski definition) is 2. The van der Waals surface area contributed by atoms with Gasteiger partial charge >= 0.3 is 0 Å². The highest BCUT2D eigenvalue weighted by Crippen LogP contribution is 2.28. The van der Waals surface area contributed by atoms with Gasteiger partial charge in [-0.05, 0) is 31.0 Å². The average Bonchev–Trinajstić information content (AvgIpc) is 3.05. The third kappa shape index (κ3) is 3.64. The Morgan fingerprint density at radius 2 is 1.91 bits per heavy atom. The molecule has 3 rings (SSSR count). The van der Waals surface area contributed by atoms with E-state index >= 15 is 0 Å². The lowest BCUT2D eigenvalue weighted by Gasteiger charge is -2.23. The number of carbonyl (C=O) groups is 1. The topological polar surface area (TPSA) is 46.4 Å². The zero-order chi connectivity index (χ0) is 15.2. The number of benzene rings is 1. The third-order valence-electron chi connectivity index (χ3n) is 4.15. The lowest BCUT2D eigenvalue weighted by molar-refractivity contribution is 0.0955. The van der Waals surface area contributed by atoms with E-state index in [1.54, 1.807) is 18.3 Å². The number of hydrogen-bond donors (Lipinski definition) is 1. The first-order valence-electron chi connectivity index (χ1n) is 7.89. The van der Waals surface area contributed by atoms with Gasteiger partial charge in [0, 0.05) is 29.6 Å². The van der Waals surface area contributed by atoms with Crippen LogP contribution in [0.15, 0.2) is 53.9 Å². The minimum atomic E-state index is -0.191. The zero-order valence-electron chi connectivity index (χ0n) is 12.6. The van der Waals surface area contributed by atoms with Crippen LogP contribution < -0.4 is 5.43 Å². The van der Waals surface area contributed by atoms with Crippen molar-refractivity contribution in [2.45, 2.75) is 38.1 Å². The van der Waals surface area contributed by atoms with Gasteiger partial charge in [-0.1, -0.05) is 37.5 Å². The van der Waals surface area contributed by atoms with Crippen LogP contribution in [0.2, 0.25) is 0 Å². The number of nitrogens with one attached hydrogen (secondary N) is 1. The molecule has 1 aliphatic carbocycles. The molecular weight excluding hydrogens is 274 g/mol. The van der Waals surface area contributed by atoms with Gasteiger partial charge in [0.15, 0.2) is 0 Å². The van der Waals surface area contributed by atoms with Crippen molar-refractivity contribution >= 4 is 12.1 Å². The van der Waals surface area contributed by atoms with E-state index in [1.165, 1.54) is 32.1 Å². The normalized spacial score (nSPS) is 16.0. The standard InChI is InChI=1S/C18H21N3O/c22-18(16-7-3-1-4-8-16)20-19-13-15-11-12-21(14-15)17-9-5-2-6-10-17/h1,3-4,7-8,11-14,17H,2,5-6,9-10H2,(H,20,22)/b19-13-. The van der Waals surface area contributed by atoms with Gasteiger partial charge in [0.2, 0.25) is 0 Å². The monoisotopic (exact) mass is 295 g/mol. The number of rotatable bonds is 4. The van der Waals surface area contributed by atoms with Gasteiger partial charge in [-0.2, -0.15) is 5.10 Å². The largest absolute Gasteiger partial charge is 0.351 e. The summed E-state index contributed by atoms with van der Waals surface area (Å²) in [5, 5.41) is 4.04. The summed E-state index contributed by atoms with van der Waals surface area (Å²) in [5.74, 6) is -0.191. The fourth-order valence-electron chi connectivity index (χ4n) is 2.93. The van der Waals surface area contributed by atoms with Gasteiger partial charge in [-0.3, -0.25) is 4.79 Å². The first-order chi connectivity index (χ1) is 10.8. The molecule has 0 atom stereocenters. The molecule has 1 aliphatic rings. The molecule has 1 heterocycles. The van der Waals surface area contributed by atoms with E-state index in [0.717, 1.165) is 5.56 Å². The first-order valence-corrected chi connectivity index (χ1v) is 7.89. The Balaban J connectivity index is 1.57. The van der Waals surface area contributed by atoms with Crippen molar-refractivity contribution in [3.63, 3.8) is 0 Å². The Bertz CT molecular complexity index is 639. The molecule has 0 spiro atoms. The van der Waals surface area contributed by atoms with Gasteiger partial charge in [-0.25, -0.2) is 5.43 Å². The second kappa shape index (κ2) is 7.07. The Morgan fingerprint density at radius 1 is 1.14 bits per heavy atom. The van der Waals surface area contributed by atoms with Crippen molar-refractivity contribution in [1.29, 1.82) is 0 Å². The lowest BCUT2D eigenvalue weighted by Crippen LogP contribution is -2.17. The summed E-state index contributed by atoms with van der Waals surface area (Å²) in [6, 6.07) is 11.7. The van der Waals surface area contributed by atoms with Crippen LogP contribution in [0.5, 0.6) is 0 Å².